The number of quaternary nitrogens is 1. The second-order valence-electron chi connectivity index (χ2n) is 7.94. The zero-order chi connectivity index (χ0) is 25.3. The molecular formula is C24H40N2O7S+2. The number of carbonyl (C=O) groups is 1. The standard InChI is InChI=1S/C16H22N2O3.C8H18O4S/c1-3-20-11-12-21-16(19)13-18(10-9-17(2)14-18)15-7-5-4-6-8-15;1-2-3-4-5-6-7-8-12-13(9,10)11/h4-10,14H,3,11-13H2,1-2H3;2-8H2,1H3,(H,9,10,11)/q+2;/t18-;/m0./s1. The van der Waals surface area contributed by atoms with Crippen molar-refractivity contribution in [3.63, 3.8) is 0 Å². The Hall–Kier alpha value is -2.11. The van der Waals surface area contributed by atoms with Crippen LogP contribution in [0.5, 0.6) is 0 Å². The van der Waals surface area contributed by atoms with Crippen LogP contribution in [-0.4, -0.2) is 69.9 Å². The van der Waals surface area contributed by atoms with Crippen molar-refractivity contribution in [3.05, 3.63) is 42.7 Å². The third-order valence-corrected chi connectivity index (χ3v) is 5.47. The van der Waals surface area contributed by atoms with Gasteiger partial charge in [-0.25, -0.2) is 8.98 Å². The first-order valence-corrected chi connectivity index (χ1v) is 13.1. The molecule has 9 nitrogen and oxygen atoms in total. The summed E-state index contributed by atoms with van der Waals surface area (Å²) in [6.07, 6.45) is 12.3. The van der Waals surface area contributed by atoms with Gasteiger partial charge in [-0.1, -0.05) is 57.2 Å². The first kappa shape index (κ1) is 29.9. The van der Waals surface area contributed by atoms with E-state index in [0.29, 0.717) is 30.7 Å². The van der Waals surface area contributed by atoms with Crippen LogP contribution < -0.4 is 4.48 Å². The molecule has 0 saturated carbocycles. The second kappa shape index (κ2) is 16.5. The fourth-order valence-corrected chi connectivity index (χ4v) is 3.66. The maximum Gasteiger partial charge on any atom is 0.397 e. The van der Waals surface area contributed by atoms with Crippen molar-refractivity contribution in [2.24, 2.45) is 0 Å². The summed E-state index contributed by atoms with van der Waals surface area (Å²) >= 11 is 0. The van der Waals surface area contributed by atoms with E-state index in [1.807, 2.05) is 67.6 Å². The Bertz CT molecular complexity index is 873. The lowest BCUT2D eigenvalue weighted by Gasteiger charge is -2.22. The van der Waals surface area contributed by atoms with E-state index in [1.165, 1.54) is 19.3 Å². The van der Waals surface area contributed by atoms with Gasteiger partial charge in [-0.05, 0) is 13.3 Å². The fraction of sp³-hybridized carbons (Fsp3) is 0.583. The molecule has 0 amide bonds. The maximum absolute atomic E-state index is 12.1. The molecule has 34 heavy (non-hydrogen) atoms. The van der Waals surface area contributed by atoms with Gasteiger partial charge in [-0.3, -0.25) is 4.55 Å². The monoisotopic (exact) mass is 500 g/mol. The zero-order valence-electron chi connectivity index (χ0n) is 20.6. The van der Waals surface area contributed by atoms with Gasteiger partial charge in [-0.2, -0.15) is 17.5 Å². The third-order valence-electron chi connectivity index (χ3n) is 5.01. The largest absolute Gasteiger partial charge is 0.459 e. The molecule has 1 aromatic rings. The summed E-state index contributed by atoms with van der Waals surface area (Å²) in [5, 5.41) is 0. The number of ether oxygens (including phenoxy) is 2. The van der Waals surface area contributed by atoms with Crippen LogP contribution >= 0.6 is 0 Å². The number of rotatable bonds is 15. The number of unbranched alkanes of at least 4 members (excludes halogenated alkanes) is 5. The van der Waals surface area contributed by atoms with Gasteiger partial charge in [0.1, 0.15) is 19.3 Å². The molecular weight excluding hydrogens is 460 g/mol. The molecule has 0 bridgehead atoms. The van der Waals surface area contributed by atoms with E-state index in [-0.39, 0.29) is 19.1 Å². The Morgan fingerprint density at radius 2 is 1.68 bits per heavy atom. The van der Waals surface area contributed by atoms with Crippen molar-refractivity contribution < 1.29 is 36.0 Å². The van der Waals surface area contributed by atoms with Crippen LogP contribution in [0, 0.1) is 0 Å². The Balaban J connectivity index is 0.000000385. The topological polar surface area (TPSA) is 102 Å². The average molecular weight is 501 g/mol. The van der Waals surface area contributed by atoms with Gasteiger partial charge in [0.2, 0.25) is 6.20 Å². The van der Waals surface area contributed by atoms with Crippen LogP contribution in [0.3, 0.4) is 0 Å². The average Bonchev–Trinajstić information content (AvgIpc) is 3.18. The van der Waals surface area contributed by atoms with E-state index >= 15 is 0 Å². The number of para-hydroxylation sites is 1. The summed E-state index contributed by atoms with van der Waals surface area (Å²) in [5.74, 6) is -0.241. The van der Waals surface area contributed by atoms with Gasteiger partial charge >= 0.3 is 22.7 Å². The quantitative estimate of drug-likeness (QED) is 0.128. The van der Waals surface area contributed by atoms with Crippen molar-refractivity contribution in [1.29, 1.82) is 0 Å². The third kappa shape index (κ3) is 13.0. The van der Waals surface area contributed by atoms with Gasteiger partial charge in [0, 0.05) is 18.7 Å². The van der Waals surface area contributed by atoms with E-state index in [9.17, 15) is 13.2 Å². The Morgan fingerprint density at radius 1 is 1.00 bits per heavy atom. The summed E-state index contributed by atoms with van der Waals surface area (Å²) in [6.45, 7) is 5.73. The van der Waals surface area contributed by atoms with E-state index < -0.39 is 10.4 Å². The minimum atomic E-state index is -4.22. The summed E-state index contributed by atoms with van der Waals surface area (Å²) in [4.78, 5) is 12.1. The lowest BCUT2D eigenvalue weighted by atomic mass is 10.1. The SMILES string of the molecule is CCCCCCCCOS(=O)(=O)O.CCOCCOC(=O)C[N@@+]1(c2ccccc2)C=C[N+](C)=C1. The lowest BCUT2D eigenvalue weighted by Crippen LogP contribution is -2.46. The molecule has 1 aliphatic heterocycles. The second-order valence-corrected chi connectivity index (χ2v) is 9.03. The molecule has 1 atom stereocenters. The molecule has 1 aliphatic rings. The first-order valence-electron chi connectivity index (χ1n) is 11.8. The Morgan fingerprint density at radius 3 is 2.26 bits per heavy atom. The molecule has 0 aromatic heterocycles. The smallest absolute Gasteiger partial charge is 0.397 e. The predicted octanol–water partition coefficient (Wildman–Crippen LogP) is 3.90. The van der Waals surface area contributed by atoms with E-state index in [2.05, 4.69) is 11.1 Å². The molecule has 2 rings (SSSR count). The number of hydrogen-bond acceptors (Lipinski definition) is 6. The molecule has 1 aromatic carbocycles. The molecule has 10 heteroatoms. The van der Waals surface area contributed by atoms with Crippen LogP contribution in [0.15, 0.2) is 42.7 Å². The molecule has 1 N–H and O–H groups in total. The number of esters is 1. The van der Waals surface area contributed by atoms with Gasteiger partial charge in [0.05, 0.1) is 13.2 Å². The van der Waals surface area contributed by atoms with Gasteiger partial charge in [-0.15, -0.1) is 0 Å². The molecule has 0 aliphatic carbocycles. The highest BCUT2D eigenvalue weighted by molar-refractivity contribution is 7.80. The van der Waals surface area contributed by atoms with Crippen molar-refractivity contribution in [2.45, 2.75) is 52.4 Å². The first-order chi connectivity index (χ1) is 16.2. The van der Waals surface area contributed by atoms with Crippen LogP contribution in [0.1, 0.15) is 52.4 Å². The highest BCUT2D eigenvalue weighted by atomic mass is 32.3. The predicted molar refractivity (Wildman–Crippen MR) is 133 cm³/mol. The molecule has 0 spiro atoms. The molecule has 192 valence electrons. The van der Waals surface area contributed by atoms with Crippen molar-refractivity contribution in [1.82, 2.24) is 4.48 Å². The lowest BCUT2D eigenvalue weighted by molar-refractivity contribution is -0.415. The van der Waals surface area contributed by atoms with Gasteiger partial charge in [0.25, 0.3) is 0 Å². The number of benzene rings is 1. The summed E-state index contributed by atoms with van der Waals surface area (Å²) < 4.78 is 45.3. The van der Waals surface area contributed by atoms with Gasteiger partial charge in [0.15, 0.2) is 12.7 Å². The van der Waals surface area contributed by atoms with E-state index in [1.54, 1.807) is 0 Å². The molecule has 0 unspecified atom stereocenters. The number of carbonyl (C=O) groups excluding carboxylic acids is 1. The molecule has 0 fully saturated rings. The number of nitrogens with zero attached hydrogens (tertiary/aromatic N) is 2. The zero-order valence-corrected chi connectivity index (χ0v) is 21.4. The normalized spacial score (nSPS) is 17.1. The Labute approximate surface area is 204 Å². The summed E-state index contributed by atoms with van der Waals surface area (Å²) in [5.41, 5.74) is 1.03. The Kier molecular flexibility index (Phi) is 14.5. The van der Waals surface area contributed by atoms with Crippen molar-refractivity contribution >= 4 is 28.4 Å². The summed E-state index contributed by atoms with van der Waals surface area (Å²) in [7, 11) is -2.28. The van der Waals surface area contributed by atoms with Crippen molar-refractivity contribution in [3.8, 4) is 0 Å². The fourth-order valence-electron chi connectivity index (χ4n) is 3.33. The number of hydrogen-bond donors (Lipinski definition) is 1. The molecule has 0 radical (unpaired) electrons. The minimum absolute atomic E-state index is 0.0883. The minimum Gasteiger partial charge on any atom is -0.459 e. The van der Waals surface area contributed by atoms with Crippen LogP contribution in [0.2, 0.25) is 0 Å². The van der Waals surface area contributed by atoms with E-state index in [0.717, 1.165) is 18.5 Å². The maximum atomic E-state index is 12.1. The van der Waals surface area contributed by atoms with Crippen LogP contribution in [0.4, 0.5) is 5.69 Å². The summed E-state index contributed by atoms with van der Waals surface area (Å²) in [6, 6.07) is 9.91. The van der Waals surface area contributed by atoms with Crippen LogP contribution in [0.25, 0.3) is 0 Å². The molecule has 0 saturated heterocycles. The molecule has 1 heterocycles. The highest BCUT2D eigenvalue weighted by Crippen LogP contribution is 2.24. The van der Waals surface area contributed by atoms with Crippen molar-refractivity contribution in [2.75, 3.05) is 40.0 Å². The highest BCUT2D eigenvalue weighted by Gasteiger charge is 2.38. The van der Waals surface area contributed by atoms with Crippen LogP contribution in [-0.2, 0) is 28.9 Å². The van der Waals surface area contributed by atoms with Gasteiger partial charge < -0.3 is 9.47 Å². The van der Waals surface area contributed by atoms with E-state index in [4.69, 9.17) is 14.0 Å².